The zero-order valence-corrected chi connectivity index (χ0v) is 14.8. The van der Waals surface area contributed by atoms with Crippen molar-refractivity contribution in [2.24, 2.45) is 0 Å². The summed E-state index contributed by atoms with van der Waals surface area (Å²) in [7, 11) is 0. The molecule has 0 fully saturated rings. The Hall–Kier alpha value is -3.54. The quantitative estimate of drug-likeness (QED) is 0.559. The summed E-state index contributed by atoms with van der Waals surface area (Å²) >= 11 is 0. The number of amides is 1. The van der Waals surface area contributed by atoms with Crippen molar-refractivity contribution in [2.45, 2.75) is 13.5 Å². The maximum absolute atomic E-state index is 12.0. The summed E-state index contributed by atoms with van der Waals surface area (Å²) in [5.74, 6) is 1.55. The van der Waals surface area contributed by atoms with Gasteiger partial charge >= 0.3 is 0 Å². The second-order valence-corrected chi connectivity index (χ2v) is 6.21. The summed E-state index contributed by atoms with van der Waals surface area (Å²) in [6.07, 6.45) is 0. The van der Waals surface area contributed by atoms with Gasteiger partial charge < -0.3 is 19.0 Å². The Labute approximate surface area is 155 Å². The lowest BCUT2D eigenvalue weighted by Crippen LogP contribution is -2.28. The molecule has 0 saturated heterocycles. The molecule has 2 aromatic heterocycles. The number of nitrogens with zero attached hydrogens (tertiary/aromatic N) is 1. The smallest absolute Gasteiger partial charge is 0.258 e. The molecule has 27 heavy (non-hydrogen) atoms. The van der Waals surface area contributed by atoms with Gasteiger partial charge in [-0.1, -0.05) is 35.5 Å². The lowest BCUT2D eigenvalue weighted by Gasteiger charge is -2.06. The Bertz CT molecular complexity index is 1050. The maximum atomic E-state index is 12.0. The fourth-order valence-electron chi connectivity index (χ4n) is 2.71. The van der Waals surface area contributed by atoms with Crippen LogP contribution >= 0.6 is 0 Å². The molecule has 6 nitrogen and oxygen atoms in total. The highest BCUT2D eigenvalue weighted by atomic mass is 16.5. The average Bonchev–Trinajstić information content (AvgIpc) is 3.31. The van der Waals surface area contributed by atoms with Crippen LogP contribution in [-0.2, 0) is 11.3 Å². The number of fused-ring (bicyclic) bond motifs is 1. The summed E-state index contributed by atoms with van der Waals surface area (Å²) in [6, 6.07) is 18.9. The Morgan fingerprint density at radius 3 is 2.81 bits per heavy atom. The minimum Gasteiger partial charge on any atom is -0.484 e. The van der Waals surface area contributed by atoms with Crippen LogP contribution in [0.3, 0.4) is 0 Å². The van der Waals surface area contributed by atoms with E-state index in [-0.39, 0.29) is 19.1 Å². The monoisotopic (exact) mass is 362 g/mol. The van der Waals surface area contributed by atoms with E-state index < -0.39 is 0 Å². The highest BCUT2D eigenvalue weighted by Crippen LogP contribution is 2.28. The zero-order chi connectivity index (χ0) is 18.6. The van der Waals surface area contributed by atoms with Crippen molar-refractivity contribution >= 4 is 16.9 Å². The summed E-state index contributed by atoms with van der Waals surface area (Å²) in [6.45, 7) is 2.16. The normalized spacial score (nSPS) is 10.9. The minimum absolute atomic E-state index is 0.0578. The molecule has 0 aliphatic rings. The SMILES string of the molecule is Cc1cccc(OCC(=O)NCc2cc(-c3cc4ccccc4o3)on2)c1. The van der Waals surface area contributed by atoms with Gasteiger partial charge in [0.15, 0.2) is 12.4 Å². The number of aryl methyl sites for hydroxylation is 1. The number of hydrogen-bond acceptors (Lipinski definition) is 5. The van der Waals surface area contributed by atoms with E-state index in [9.17, 15) is 4.79 Å². The highest BCUT2D eigenvalue weighted by molar-refractivity contribution is 5.81. The van der Waals surface area contributed by atoms with Crippen molar-refractivity contribution in [3.8, 4) is 17.3 Å². The number of rotatable bonds is 6. The summed E-state index contributed by atoms with van der Waals surface area (Å²) in [5, 5.41) is 7.72. The maximum Gasteiger partial charge on any atom is 0.258 e. The van der Waals surface area contributed by atoms with E-state index in [0.29, 0.717) is 23.0 Å². The van der Waals surface area contributed by atoms with Gasteiger partial charge in [0.1, 0.15) is 17.0 Å². The van der Waals surface area contributed by atoms with Crippen LogP contribution in [0.1, 0.15) is 11.3 Å². The van der Waals surface area contributed by atoms with Gasteiger partial charge in [-0.3, -0.25) is 4.79 Å². The van der Waals surface area contributed by atoms with Gasteiger partial charge in [-0.2, -0.15) is 0 Å². The van der Waals surface area contributed by atoms with Crippen molar-refractivity contribution in [2.75, 3.05) is 6.61 Å². The van der Waals surface area contributed by atoms with Crippen molar-refractivity contribution < 1.29 is 18.5 Å². The topological polar surface area (TPSA) is 77.5 Å². The Morgan fingerprint density at radius 2 is 1.96 bits per heavy atom. The standard InChI is InChI=1S/C21H18N2O4/c1-14-5-4-7-17(9-14)25-13-21(24)22-12-16-11-20(27-23-16)19-10-15-6-2-3-8-18(15)26-19/h2-11H,12-13H2,1H3,(H,22,24). The van der Waals surface area contributed by atoms with Gasteiger partial charge in [0.05, 0.1) is 6.54 Å². The predicted molar refractivity (Wildman–Crippen MR) is 100 cm³/mol. The molecule has 0 aliphatic carbocycles. The number of furan rings is 1. The van der Waals surface area contributed by atoms with E-state index in [1.807, 2.05) is 61.5 Å². The lowest BCUT2D eigenvalue weighted by atomic mass is 10.2. The third-order valence-corrected chi connectivity index (χ3v) is 4.05. The van der Waals surface area contributed by atoms with Crippen LogP contribution in [0.4, 0.5) is 0 Å². The number of benzene rings is 2. The van der Waals surface area contributed by atoms with Gasteiger partial charge in [-0.15, -0.1) is 0 Å². The highest BCUT2D eigenvalue weighted by Gasteiger charge is 2.12. The van der Waals surface area contributed by atoms with E-state index in [4.69, 9.17) is 13.7 Å². The van der Waals surface area contributed by atoms with Gasteiger partial charge in [0.25, 0.3) is 5.91 Å². The number of nitrogens with one attached hydrogen (secondary N) is 1. The molecule has 0 unspecified atom stereocenters. The molecule has 1 N–H and O–H groups in total. The van der Waals surface area contributed by atoms with Crippen LogP contribution in [0, 0.1) is 6.92 Å². The van der Waals surface area contributed by atoms with Crippen molar-refractivity contribution in [1.29, 1.82) is 0 Å². The molecule has 0 saturated carbocycles. The summed E-state index contributed by atoms with van der Waals surface area (Å²) in [5.41, 5.74) is 2.47. The van der Waals surface area contributed by atoms with Gasteiger partial charge in [0, 0.05) is 11.5 Å². The Kier molecular flexibility index (Phi) is 4.61. The second kappa shape index (κ2) is 7.37. The molecule has 2 aromatic carbocycles. The van der Waals surface area contributed by atoms with Crippen molar-refractivity contribution in [3.63, 3.8) is 0 Å². The molecular weight excluding hydrogens is 344 g/mol. The molecule has 136 valence electrons. The number of hydrogen-bond donors (Lipinski definition) is 1. The number of carbonyl (C=O) groups excluding carboxylic acids is 1. The molecule has 0 bridgehead atoms. The van der Waals surface area contributed by atoms with Crippen LogP contribution in [0.15, 0.2) is 69.6 Å². The third-order valence-electron chi connectivity index (χ3n) is 4.05. The van der Waals surface area contributed by atoms with Gasteiger partial charge in [-0.25, -0.2) is 0 Å². The zero-order valence-electron chi connectivity index (χ0n) is 14.8. The largest absolute Gasteiger partial charge is 0.484 e. The molecule has 4 rings (SSSR count). The van der Waals surface area contributed by atoms with Gasteiger partial charge in [0.2, 0.25) is 5.76 Å². The molecule has 0 aliphatic heterocycles. The molecule has 1 amide bonds. The van der Waals surface area contributed by atoms with E-state index >= 15 is 0 Å². The molecule has 6 heteroatoms. The third kappa shape index (κ3) is 4.00. The van der Waals surface area contributed by atoms with E-state index in [1.165, 1.54) is 0 Å². The first-order valence-electron chi connectivity index (χ1n) is 8.58. The first kappa shape index (κ1) is 16.9. The fraction of sp³-hybridized carbons (Fsp3) is 0.143. The fourth-order valence-corrected chi connectivity index (χ4v) is 2.71. The first-order chi connectivity index (χ1) is 13.2. The van der Waals surface area contributed by atoms with Crippen molar-refractivity contribution in [3.05, 3.63) is 71.9 Å². The average molecular weight is 362 g/mol. The summed E-state index contributed by atoms with van der Waals surface area (Å²) in [4.78, 5) is 12.0. The van der Waals surface area contributed by atoms with Crippen LogP contribution in [0.5, 0.6) is 5.75 Å². The van der Waals surface area contributed by atoms with Gasteiger partial charge in [-0.05, 0) is 36.8 Å². The number of para-hydroxylation sites is 1. The Morgan fingerprint density at radius 1 is 1.07 bits per heavy atom. The number of carbonyl (C=O) groups is 1. The molecule has 0 atom stereocenters. The van der Waals surface area contributed by atoms with E-state index in [1.54, 1.807) is 6.07 Å². The first-order valence-corrected chi connectivity index (χ1v) is 8.58. The van der Waals surface area contributed by atoms with Crippen LogP contribution in [0.25, 0.3) is 22.5 Å². The number of ether oxygens (including phenoxy) is 1. The summed E-state index contributed by atoms with van der Waals surface area (Å²) < 4.78 is 16.6. The van der Waals surface area contributed by atoms with Crippen LogP contribution < -0.4 is 10.1 Å². The molecular formula is C21H18N2O4. The van der Waals surface area contributed by atoms with E-state index in [2.05, 4.69) is 10.5 Å². The van der Waals surface area contributed by atoms with Crippen molar-refractivity contribution in [1.82, 2.24) is 10.5 Å². The molecule has 0 spiro atoms. The molecule has 4 aromatic rings. The number of aromatic nitrogens is 1. The minimum atomic E-state index is -0.232. The lowest BCUT2D eigenvalue weighted by molar-refractivity contribution is -0.123. The molecule has 0 radical (unpaired) electrons. The van der Waals surface area contributed by atoms with Crippen LogP contribution in [-0.4, -0.2) is 17.7 Å². The predicted octanol–water partition coefficient (Wildman–Crippen LogP) is 4.09. The van der Waals surface area contributed by atoms with E-state index in [0.717, 1.165) is 16.5 Å². The Balaban J connectivity index is 1.33. The molecule has 2 heterocycles. The second-order valence-electron chi connectivity index (χ2n) is 6.21. The van der Waals surface area contributed by atoms with Crippen LogP contribution in [0.2, 0.25) is 0 Å².